The molecule has 16 heavy (non-hydrogen) atoms. The van der Waals surface area contributed by atoms with Gasteiger partial charge in [-0.1, -0.05) is 0 Å². The van der Waals surface area contributed by atoms with Crippen molar-refractivity contribution in [3.8, 4) is 0 Å². The first kappa shape index (κ1) is 13.0. The van der Waals surface area contributed by atoms with Gasteiger partial charge in [0.25, 0.3) is 0 Å². The molecule has 0 saturated heterocycles. The lowest BCUT2D eigenvalue weighted by atomic mass is 10.2. The van der Waals surface area contributed by atoms with Gasteiger partial charge in [0.1, 0.15) is 6.54 Å². The molecule has 0 aromatic carbocycles. The smallest absolute Gasteiger partial charge is 0.323 e. The lowest BCUT2D eigenvalue weighted by Gasteiger charge is -2.20. The largest absolute Gasteiger partial charge is 0.480 e. The van der Waals surface area contributed by atoms with Crippen molar-refractivity contribution in [3.05, 3.63) is 0 Å². The zero-order valence-corrected chi connectivity index (χ0v) is 9.74. The van der Waals surface area contributed by atoms with E-state index in [0.29, 0.717) is 18.9 Å². The van der Waals surface area contributed by atoms with Gasteiger partial charge >= 0.3 is 5.97 Å². The Bertz CT molecular complexity index is 252. The van der Waals surface area contributed by atoms with Gasteiger partial charge in [0.2, 0.25) is 5.91 Å². The zero-order chi connectivity index (χ0) is 12.0. The first-order chi connectivity index (χ1) is 7.63. The summed E-state index contributed by atoms with van der Waals surface area (Å²) in [6, 6.07) is 0. The standard InChI is InChI=1S/C11H20N2O3/c1-12-6-2-3-10(14)13(8-11(15)16)7-9-4-5-9/h9,12H,2-8H2,1H3,(H,15,16). The number of hydrogen-bond donors (Lipinski definition) is 2. The van der Waals surface area contributed by atoms with Crippen LogP contribution in [0, 0.1) is 5.92 Å². The van der Waals surface area contributed by atoms with Crippen LogP contribution in [0.1, 0.15) is 25.7 Å². The van der Waals surface area contributed by atoms with Crippen molar-refractivity contribution in [2.75, 3.05) is 26.7 Å². The summed E-state index contributed by atoms with van der Waals surface area (Å²) in [5.74, 6) is -0.431. The molecule has 0 aliphatic heterocycles. The maximum Gasteiger partial charge on any atom is 0.323 e. The summed E-state index contributed by atoms with van der Waals surface area (Å²) < 4.78 is 0. The first-order valence-corrected chi connectivity index (χ1v) is 5.77. The number of carbonyl (C=O) groups is 2. The van der Waals surface area contributed by atoms with Crippen molar-refractivity contribution >= 4 is 11.9 Å². The lowest BCUT2D eigenvalue weighted by molar-refractivity contribution is -0.144. The Hall–Kier alpha value is -1.10. The van der Waals surface area contributed by atoms with Crippen molar-refractivity contribution < 1.29 is 14.7 Å². The fourth-order valence-corrected chi connectivity index (χ4v) is 1.60. The highest BCUT2D eigenvalue weighted by Crippen LogP contribution is 2.29. The minimum absolute atomic E-state index is 0.0375. The topological polar surface area (TPSA) is 69.6 Å². The Morgan fingerprint density at radius 2 is 2.12 bits per heavy atom. The van der Waals surface area contributed by atoms with Crippen LogP contribution in [0.25, 0.3) is 0 Å². The molecule has 1 amide bonds. The quantitative estimate of drug-likeness (QED) is 0.587. The van der Waals surface area contributed by atoms with Gasteiger partial charge < -0.3 is 15.3 Å². The maximum absolute atomic E-state index is 11.8. The van der Waals surface area contributed by atoms with Crippen molar-refractivity contribution in [2.45, 2.75) is 25.7 Å². The molecular weight excluding hydrogens is 208 g/mol. The number of aliphatic carboxylic acids is 1. The number of rotatable bonds is 8. The van der Waals surface area contributed by atoms with Gasteiger partial charge in [-0.05, 0) is 38.8 Å². The normalized spacial score (nSPS) is 14.8. The maximum atomic E-state index is 11.8. The van der Waals surface area contributed by atoms with Crippen LogP contribution in [0.2, 0.25) is 0 Å². The molecule has 2 N–H and O–H groups in total. The number of carboxylic acids is 1. The number of nitrogens with zero attached hydrogens (tertiary/aromatic N) is 1. The number of hydrogen-bond acceptors (Lipinski definition) is 3. The SMILES string of the molecule is CNCCCC(=O)N(CC(=O)O)CC1CC1. The van der Waals surface area contributed by atoms with Crippen LogP contribution in [-0.4, -0.2) is 48.6 Å². The van der Waals surface area contributed by atoms with E-state index in [1.165, 1.54) is 4.90 Å². The van der Waals surface area contributed by atoms with E-state index in [0.717, 1.165) is 25.8 Å². The van der Waals surface area contributed by atoms with Crippen LogP contribution >= 0.6 is 0 Å². The molecule has 1 aliphatic rings. The predicted molar refractivity (Wildman–Crippen MR) is 60.1 cm³/mol. The average molecular weight is 228 g/mol. The molecule has 1 aliphatic carbocycles. The first-order valence-electron chi connectivity index (χ1n) is 5.77. The average Bonchev–Trinajstić information content (AvgIpc) is 3.00. The minimum Gasteiger partial charge on any atom is -0.480 e. The van der Waals surface area contributed by atoms with Gasteiger partial charge in [-0.2, -0.15) is 0 Å². The lowest BCUT2D eigenvalue weighted by Crippen LogP contribution is -2.37. The fraction of sp³-hybridized carbons (Fsp3) is 0.818. The summed E-state index contributed by atoms with van der Waals surface area (Å²) in [5.41, 5.74) is 0. The highest BCUT2D eigenvalue weighted by Gasteiger charge is 2.27. The Balaban J connectivity index is 2.33. The van der Waals surface area contributed by atoms with E-state index in [2.05, 4.69) is 5.32 Å². The second kappa shape index (κ2) is 6.48. The molecule has 0 aromatic rings. The van der Waals surface area contributed by atoms with E-state index < -0.39 is 5.97 Å². The molecule has 0 atom stereocenters. The summed E-state index contributed by atoms with van der Waals surface area (Å²) in [6.07, 6.45) is 3.44. The van der Waals surface area contributed by atoms with E-state index in [4.69, 9.17) is 5.11 Å². The summed E-state index contributed by atoms with van der Waals surface area (Å²) in [6.45, 7) is 1.25. The summed E-state index contributed by atoms with van der Waals surface area (Å²) in [4.78, 5) is 23.9. The van der Waals surface area contributed by atoms with Gasteiger partial charge in [0.15, 0.2) is 0 Å². The Kier molecular flexibility index (Phi) is 5.25. The molecule has 0 radical (unpaired) electrons. The highest BCUT2D eigenvalue weighted by atomic mass is 16.4. The molecule has 1 rings (SSSR count). The highest BCUT2D eigenvalue weighted by molar-refractivity contribution is 5.81. The van der Waals surface area contributed by atoms with Crippen LogP contribution in [0.15, 0.2) is 0 Å². The predicted octanol–water partition coefficient (Wildman–Crippen LogP) is 0.309. The van der Waals surface area contributed by atoms with E-state index in [9.17, 15) is 9.59 Å². The Morgan fingerprint density at radius 3 is 2.62 bits per heavy atom. The molecular formula is C11H20N2O3. The van der Waals surface area contributed by atoms with Gasteiger partial charge in [-0.15, -0.1) is 0 Å². The van der Waals surface area contributed by atoms with Gasteiger partial charge in [0.05, 0.1) is 0 Å². The molecule has 0 heterocycles. The molecule has 0 bridgehead atoms. The summed E-state index contributed by atoms with van der Waals surface area (Å²) in [5, 5.41) is 11.7. The van der Waals surface area contributed by atoms with Gasteiger partial charge in [-0.25, -0.2) is 0 Å². The second-order valence-corrected chi connectivity index (χ2v) is 4.32. The van der Waals surface area contributed by atoms with Crippen molar-refractivity contribution in [1.82, 2.24) is 10.2 Å². The van der Waals surface area contributed by atoms with Crippen LogP contribution in [0.4, 0.5) is 0 Å². The third kappa shape index (κ3) is 5.11. The number of amides is 1. The monoisotopic (exact) mass is 228 g/mol. The number of carbonyl (C=O) groups excluding carboxylic acids is 1. The second-order valence-electron chi connectivity index (χ2n) is 4.32. The van der Waals surface area contributed by atoms with E-state index in [1.54, 1.807) is 0 Å². The van der Waals surface area contributed by atoms with Crippen LogP contribution < -0.4 is 5.32 Å². The minimum atomic E-state index is -0.928. The molecule has 5 heteroatoms. The molecule has 0 unspecified atom stereocenters. The third-order valence-corrected chi connectivity index (χ3v) is 2.67. The third-order valence-electron chi connectivity index (χ3n) is 2.67. The van der Waals surface area contributed by atoms with Crippen molar-refractivity contribution in [3.63, 3.8) is 0 Å². The molecule has 92 valence electrons. The van der Waals surface area contributed by atoms with Gasteiger partial charge in [-0.3, -0.25) is 9.59 Å². The van der Waals surface area contributed by atoms with Crippen LogP contribution in [-0.2, 0) is 9.59 Å². The Morgan fingerprint density at radius 1 is 1.44 bits per heavy atom. The number of carboxylic acid groups (broad SMARTS) is 1. The molecule has 0 spiro atoms. The van der Waals surface area contributed by atoms with Crippen LogP contribution in [0.5, 0.6) is 0 Å². The molecule has 0 aromatic heterocycles. The summed E-state index contributed by atoms with van der Waals surface area (Å²) >= 11 is 0. The van der Waals surface area contributed by atoms with E-state index in [-0.39, 0.29) is 12.5 Å². The Labute approximate surface area is 95.8 Å². The zero-order valence-electron chi connectivity index (χ0n) is 9.74. The molecule has 1 fully saturated rings. The van der Waals surface area contributed by atoms with Crippen LogP contribution in [0.3, 0.4) is 0 Å². The number of nitrogens with one attached hydrogen (secondary N) is 1. The van der Waals surface area contributed by atoms with E-state index in [1.807, 2.05) is 7.05 Å². The van der Waals surface area contributed by atoms with Crippen molar-refractivity contribution in [1.29, 1.82) is 0 Å². The van der Waals surface area contributed by atoms with Crippen molar-refractivity contribution in [2.24, 2.45) is 5.92 Å². The fourth-order valence-electron chi connectivity index (χ4n) is 1.60. The molecule has 1 saturated carbocycles. The molecule has 5 nitrogen and oxygen atoms in total. The van der Waals surface area contributed by atoms with Gasteiger partial charge in [0, 0.05) is 13.0 Å². The summed E-state index contributed by atoms with van der Waals surface area (Å²) in [7, 11) is 1.84. The van der Waals surface area contributed by atoms with E-state index >= 15 is 0 Å².